The first-order chi connectivity index (χ1) is 23.7. The number of amides is 1. The van der Waals surface area contributed by atoms with Gasteiger partial charge in [-0.25, -0.2) is 0 Å². The van der Waals surface area contributed by atoms with E-state index in [0.717, 1.165) is 0 Å². The third kappa shape index (κ3) is 8.92. The summed E-state index contributed by atoms with van der Waals surface area (Å²) in [7, 11) is 5.73. The first-order valence-electron chi connectivity index (χ1n) is 18.9. The minimum Gasteiger partial charge on any atom is -0.459 e. The van der Waals surface area contributed by atoms with Crippen LogP contribution in [0.15, 0.2) is 0 Å². The maximum absolute atomic E-state index is 14.2. The molecule has 0 aromatic carbocycles. The molecule has 1 spiro atoms. The van der Waals surface area contributed by atoms with E-state index in [4.69, 9.17) is 23.7 Å². The van der Waals surface area contributed by atoms with Crippen LogP contribution >= 0.6 is 0 Å². The summed E-state index contributed by atoms with van der Waals surface area (Å²) in [6.07, 6.45) is -4.01. The minimum atomic E-state index is -1.75. The molecule has 4 saturated heterocycles. The van der Waals surface area contributed by atoms with Crippen LogP contribution in [-0.4, -0.2) is 166 Å². The summed E-state index contributed by atoms with van der Waals surface area (Å²) in [5.74, 6) is -3.61. The summed E-state index contributed by atoms with van der Waals surface area (Å²) in [4.78, 5) is 32.2. The lowest BCUT2D eigenvalue weighted by Gasteiger charge is -2.49. The molecule has 1 amide bonds. The molecule has 0 aromatic heterocycles. The zero-order valence-electron chi connectivity index (χ0n) is 32.8. The molecule has 4 rings (SSSR count). The fourth-order valence-electron chi connectivity index (χ4n) is 9.12. The van der Waals surface area contributed by atoms with Gasteiger partial charge in [0.1, 0.15) is 30.5 Å². The second-order valence-corrected chi connectivity index (χ2v) is 16.7. The van der Waals surface area contributed by atoms with Gasteiger partial charge in [0.25, 0.3) is 0 Å². The lowest BCUT2D eigenvalue weighted by Crippen LogP contribution is -2.60. The van der Waals surface area contributed by atoms with Gasteiger partial charge >= 0.3 is 5.97 Å². The van der Waals surface area contributed by atoms with Crippen molar-refractivity contribution in [1.29, 1.82) is 0 Å². The molecule has 0 saturated carbocycles. The van der Waals surface area contributed by atoms with E-state index in [1.54, 1.807) is 18.7 Å². The number of likely N-dealkylation sites (tertiary alicyclic amines) is 1. The predicted molar refractivity (Wildman–Crippen MR) is 188 cm³/mol. The molecule has 4 fully saturated rings. The molecule has 14 atom stereocenters. The number of cyclic esters (lactones) is 1. The van der Waals surface area contributed by atoms with Crippen LogP contribution in [0.5, 0.6) is 0 Å². The van der Waals surface area contributed by atoms with E-state index < -0.39 is 84.3 Å². The van der Waals surface area contributed by atoms with Crippen molar-refractivity contribution in [3.63, 3.8) is 0 Å². The number of aliphatic hydroxyl groups excluding tert-OH is 3. The Labute approximate surface area is 304 Å². The lowest BCUT2D eigenvalue weighted by atomic mass is 9.78. The van der Waals surface area contributed by atoms with Crippen molar-refractivity contribution in [2.45, 2.75) is 159 Å². The number of ether oxygens (including phenoxy) is 5. The Bertz CT molecular complexity index is 1180. The number of hydrogen-bond acceptors (Lipinski definition) is 13. The standard InChI is InChI=1S/C37H67N3O11/c1-12-27-36(8,46)31(44)25(6)39(11)19-21(2)18-35(7)32(49-34-29(43)26(38(9)10)17-22(3)47-34)23(4)30(24(5)33(45)48-27)50-37(51-35)13-15-40(16-14-37)28(42)20-41/h21-27,29-32,34,41,43-44,46H,12-20H2,1-11H3/t21-,22-,23+,24-,25-,26+,27-,29-,30+,31-,32-,34?,35?,36-/m1/s1. The number of nitrogens with zero attached hydrogens (tertiary/aromatic N) is 3. The summed E-state index contributed by atoms with van der Waals surface area (Å²) in [5, 5.41) is 44.4. The number of fused-ring (bicyclic) bond motifs is 3. The second-order valence-electron chi connectivity index (χ2n) is 16.7. The van der Waals surface area contributed by atoms with Gasteiger partial charge in [0.05, 0.1) is 29.8 Å². The van der Waals surface area contributed by atoms with Crippen LogP contribution in [0, 0.1) is 17.8 Å². The minimum absolute atomic E-state index is 0.0318. The number of rotatable bonds is 5. The third-order valence-electron chi connectivity index (χ3n) is 12.2. The molecule has 14 heteroatoms. The Morgan fingerprint density at radius 1 is 1.08 bits per heavy atom. The summed E-state index contributed by atoms with van der Waals surface area (Å²) in [6, 6.07) is -0.705. The fourth-order valence-corrected chi connectivity index (χ4v) is 9.12. The van der Waals surface area contributed by atoms with Gasteiger partial charge in [-0.1, -0.05) is 20.8 Å². The monoisotopic (exact) mass is 729 g/mol. The van der Waals surface area contributed by atoms with Crippen LogP contribution in [0.25, 0.3) is 0 Å². The molecule has 4 aliphatic rings. The van der Waals surface area contributed by atoms with Gasteiger partial charge < -0.3 is 58.8 Å². The number of aliphatic hydroxyl groups is 4. The molecule has 14 nitrogen and oxygen atoms in total. The van der Waals surface area contributed by atoms with Gasteiger partial charge in [-0.05, 0) is 80.9 Å². The van der Waals surface area contributed by atoms with Gasteiger partial charge in [-0.2, -0.15) is 0 Å². The van der Waals surface area contributed by atoms with E-state index in [9.17, 15) is 30.0 Å². The van der Waals surface area contributed by atoms with Crippen LogP contribution in [-0.2, 0) is 33.3 Å². The normalized spacial score (nSPS) is 44.9. The zero-order chi connectivity index (χ0) is 38.2. The summed E-state index contributed by atoms with van der Waals surface area (Å²) >= 11 is 0. The van der Waals surface area contributed by atoms with E-state index in [0.29, 0.717) is 19.4 Å². The average Bonchev–Trinajstić information content (AvgIpc) is 3.14. The summed E-state index contributed by atoms with van der Waals surface area (Å²) in [5.41, 5.74) is -2.80. The van der Waals surface area contributed by atoms with Crippen LogP contribution in [0.1, 0.15) is 87.5 Å². The molecule has 51 heavy (non-hydrogen) atoms. The molecule has 296 valence electrons. The maximum atomic E-state index is 14.2. The van der Waals surface area contributed by atoms with E-state index in [1.165, 1.54) is 6.92 Å². The van der Waals surface area contributed by atoms with Gasteiger partial charge in [-0.15, -0.1) is 0 Å². The first kappa shape index (κ1) is 42.3. The van der Waals surface area contributed by atoms with E-state index in [1.807, 2.05) is 58.6 Å². The highest BCUT2D eigenvalue weighted by atomic mass is 16.7. The van der Waals surface area contributed by atoms with Crippen molar-refractivity contribution in [3.05, 3.63) is 0 Å². The number of carbonyl (C=O) groups is 2. The molecule has 4 aliphatic heterocycles. The molecule has 4 N–H and O–H groups in total. The Morgan fingerprint density at radius 3 is 2.27 bits per heavy atom. The van der Waals surface area contributed by atoms with Gasteiger partial charge in [0, 0.05) is 50.5 Å². The lowest BCUT2D eigenvalue weighted by molar-refractivity contribution is -0.331. The maximum Gasteiger partial charge on any atom is 0.311 e. The van der Waals surface area contributed by atoms with Crippen molar-refractivity contribution in [1.82, 2.24) is 14.7 Å². The number of esters is 1. The highest BCUT2D eigenvalue weighted by Crippen LogP contribution is 2.48. The van der Waals surface area contributed by atoms with Gasteiger partial charge in [-0.3, -0.25) is 9.59 Å². The Kier molecular flexibility index (Phi) is 13.7. The molecule has 0 radical (unpaired) electrons. The van der Waals surface area contributed by atoms with E-state index in [2.05, 4.69) is 6.92 Å². The Hall–Kier alpha value is -1.46. The average molecular weight is 730 g/mol. The molecule has 4 heterocycles. The third-order valence-corrected chi connectivity index (χ3v) is 12.2. The number of piperidine rings is 1. The second kappa shape index (κ2) is 16.5. The molecule has 2 unspecified atom stereocenters. The fraction of sp³-hybridized carbons (Fsp3) is 0.946. The van der Waals surface area contributed by atoms with Crippen molar-refractivity contribution in [3.8, 4) is 0 Å². The molecular weight excluding hydrogens is 662 g/mol. The molecule has 0 aliphatic carbocycles. The van der Waals surface area contributed by atoms with E-state index in [-0.39, 0.29) is 56.3 Å². The van der Waals surface area contributed by atoms with Gasteiger partial charge in [0.15, 0.2) is 12.1 Å². The van der Waals surface area contributed by atoms with Crippen molar-refractivity contribution < 1.29 is 53.7 Å². The molecular formula is C37H67N3O11. The molecule has 2 bridgehead atoms. The SMILES string of the molecule is CC[C@H]1OC(=O)[C@H](C)[C@H]2OC3(CCN(C(=O)CO)CC3)OC(C)(C[C@@H](C)CN(C)[C@H](C)[C@@H](O)[C@]1(C)O)[C@H](OC1O[C@H](C)C[C@H](N(C)C)[C@H]1O)[C@H]2C. The van der Waals surface area contributed by atoms with Crippen LogP contribution in [0.2, 0.25) is 0 Å². The van der Waals surface area contributed by atoms with Crippen LogP contribution in [0.4, 0.5) is 0 Å². The van der Waals surface area contributed by atoms with Crippen LogP contribution < -0.4 is 0 Å². The largest absolute Gasteiger partial charge is 0.459 e. The van der Waals surface area contributed by atoms with Crippen molar-refractivity contribution in [2.75, 3.05) is 47.4 Å². The highest BCUT2D eigenvalue weighted by Gasteiger charge is 2.58. The topological polar surface area (TPSA) is 171 Å². The quantitative estimate of drug-likeness (QED) is 0.300. The number of likely N-dealkylation sites (N-methyl/N-ethyl adjacent to an activating group) is 2. The van der Waals surface area contributed by atoms with Crippen molar-refractivity contribution in [2.24, 2.45) is 17.8 Å². The van der Waals surface area contributed by atoms with Gasteiger partial charge in [0.2, 0.25) is 5.91 Å². The van der Waals surface area contributed by atoms with E-state index >= 15 is 0 Å². The van der Waals surface area contributed by atoms with Crippen LogP contribution in [0.3, 0.4) is 0 Å². The summed E-state index contributed by atoms with van der Waals surface area (Å²) < 4.78 is 33.5. The Balaban J connectivity index is 1.85. The smallest absolute Gasteiger partial charge is 0.311 e. The molecule has 0 aromatic rings. The van der Waals surface area contributed by atoms with Crippen molar-refractivity contribution >= 4 is 11.9 Å². The summed E-state index contributed by atoms with van der Waals surface area (Å²) in [6.45, 7) is 15.4. The first-order valence-corrected chi connectivity index (χ1v) is 18.9. The zero-order valence-corrected chi connectivity index (χ0v) is 32.8. The number of carbonyl (C=O) groups excluding carboxylic acids is 2. The highest BCUT2D eigenvalue weighted by molar-refractivity contribution is 5.77. The Morgan fingerprint density at radius 2 is 1.71 bits per heavy atom. The number of hydrogen-bond donors (Lipinski definition) is 4. The predicted octanol–water partition coefficient (Wildman–Crippen LogP) is 1.35.